The largest absolute Gasteiger partial charge is 0.481 e. The van der Waals surface area contributed by atoms with E-state index in [-0.39, 0.29) is 5.75 Å². The second-order valence-electron chi connectivity index (χ2n) is 2.83. The van der Waals surface area contributed by atoms with Crippen LogP contribution in [0.5, 0.6) is 0 Å². The highest BCUT2D eigenvalue weighted by Gasteiger charge is 2.11. The number of hydrogen-bond acceptors (Lipinski definition) is 4. The van der Waals surface area contributed by atoms with Crippen molar-refractivity contribution in [2.45, 2.75) is 25.0 Å². The highest BCUT2D eigenvalue weighted by Crippen LogP contribution is 2.16. The number of thioether (sulfide) groups is 1. The van der Waals surface area contributed by atoms with Gasteiger partial charge in [-0.15, -0.1) is 16.8 Å². The molecule has 0 saturated heterocycles. The van der Waals surface area contributed by atoms with Gasteiger partial charge < -0.3 is 9.67 Å². The summed E-state index contributed by atoms with van der Waals surface area (Å²) in [7, 11) is 0. The summed E-state index contributed by atoms with van der Waals surface area (Å²) >= 11 is 1.17. The van der Waals surface area contributed by atoms with E-state index in [1.165, 1.54) is 11.8 Å². The van der Waals surface area contributed by atoms with Crippen molar-refractivity contribution in [3.63, 3.8) is 0 Å². The number of aryl methyl sites for hydroxylation is 1. The molecule has 6 heteroatoms. The van der Waals surface area contributed by atoms with Crippen LogP contribution in [0, 0.1) is 0 Å². The zero-order valence-corrected chi connectivity index (χ0v) is 9.33. The van der Waals surface area contributed by atoms with Gasteiger partial charge >= 0.3 is 5.97 Å². The molecule has 0 fully saturated rings. The summed E-state index contributed by atoms with van der Waals surface area (Å²) in [5, 5.41) is 17.1. The number of aliphatic carboxylic acids is 1. The maximum Gasteiger partial charge on any atom is 0.313 e. The van der Waals surface area contributed by atoms with E-state index < -0.39 is 5.97 Å². The molecule has 1 aromatic rings. The molecule has 0 aliphatic carbocycles. The predicted octanol–water partition coefficient (Wildman–Crippen LogP) is 1.20. The Hall–Kier alpha value is -1.30. The van der Waals surface area contributed by atoms with Crippen LogP contribution < -0.4 is 0 Å². The molecule has 0 amide bonds. The molecular weight excluding hydrogens is 214 g/mol. The molecule has 15 heavy (non-hydrogen) atoms. The monoisotopic (exact) mass is 227 g/mol. The van der Waals surface area contributed by atoms with E-state index in [1.807, 2.05) is 11.5 Å². The van der Waals surface area contributed by atoms with Crippen molar-refractivity contribution in [1.82, 2.24) is 14.8 Å². The number of nitrogens with zero attached hydrogens (tertiary/aromatic N) is 3. The number of rotatable bonds is 6. The Morgan fingerprint density at radius 3 is 2.93 bits per heavy atom. The summed E-state index contributed by atoms with van der Waals surface area (Å²) < 4.78 is 1.88. The quantitative estimate of drug-likeness (QED) is 0.584. The van der Waals surface area contributed by atoms with Gasteiger partial charge in [0.25, 0.3) is 0 Å². The van der Waals surface area contributed by atoms with Gasteiger partial charge in [0, 0.05) is 13.0 Å². The van der Waals surface area contributed by atoms with Gasteiger partial charge in [0.15, 0.2) is 5.16 Å². The van der Waals surface area contributed by atoms with Crippen LogP contribution in [-0.4, -0.2) is 31.6 Å². The van der Waals surface area contributed by atoms with E-state index in [1.54, 1.807) is 6.08 Å². The average molecular weight is 227 g/mol. The van der Waals surface area contributed by atoms with Gasteiger partial charge in [-0.1, -0.05) is 24.8 Å². The van der Waals surface area contributed by atoms with Crippen LogP contribution in [0.4, 0.5) is 0 Å². The van der Waals surface area contributed by atoms with Gasteiger partial charge in [-0.05, 0) is 0 Å². The zero-order chi connectivity index (χ0) is 11.3. The molecule has 0 saturated carbocycles. The van der Waals surface area contributed by atoms with Crippen molar-refractivity contribution in [3.8, 4) is 0 Å². The minimum Gasteiger partial charge on any atom is -0.481 e. The molecule has 0 aliphatic heterocycles. The molecule has 1 rings (SSSR count). The summed E-state index contributed by atoms with van der Waals surface area (Å²) in [6, 6.07) is 0. The van der Waals surface area contributed by atoms with Crippen LogP contribution in [-0.2, 0) is 17.8 Å². The third-order valence-electron chi connectivity index (χ3n) is 1.75. The summed E-state index contributed by atoms with van der Waals surface area (Å²) in [5.41, 5.74) is 0. The van der Waals surface area contributed by atoms with Crippen molar-refractivity contribution < 1.29 is 9.90 Å². The fourth-order valence-electron chi connectivity index (χ4n) is 1.13. The molecule has 5 nitrogen and oxygen atoms in total. The molecular formula is C9H13N3O2S. The van der Waals surface area contributed by atoms with Gasteiger partial charge in [-0.3, -0.25) is 4.79 Å². The van der Waals surface area contributed by atoms with E-state index >= 15 is 0 Å². The first-order chi connectivity index (χ1) is 7.19. The topological polar surface area (TPSA) is 68.0 Å². The van der Waals surface area contributed by atoms with Gasteiger partial charge in [-0.2, -0.15) is 0 Å². The normalized spacial score (nSPS) is 10.2. The molecule has 0 spiro atoms. The third kappa shape index (κ3) is 3.09. The third-order valence-corrected chi connectivity index (χ3v) is 2.70. The second-order valence-corrected chi connectivity index (χ2v) is 3.78. The lowest BCUT2D eigenvalue weighted by Crippen LogP contribution is -2.05. The molecule has 1 heterocycles. The summed E-state index contributed by atoms with van der Waals surface area (Å²) in [5.74, 6) is -0.00657. The number of carbonyl (C=O) groups is 1. The Morgan fingerprint density at radius 1 is 1.67 bits per heavy atom. The lowest BCUT2D eigenvalue weighted by Gasteiger charge is -2.04. The Kier molecular flexibility index (Phi) is 4.36. The summed E-state index contributed by atoms with van der Waals surface area (Å²) in [4.78, 5) is 10.4. The van der Waals surface area contributed by atoms with E-state index in [2.05, 4.69) is 16.8 Å². The second kappa shape index (κ2) is 5.55. The van der Waals surface area contributed by atoms with Crippen molar-refractivity contribution in [1.29, 1.82) is 0 Å². The molecule has 0 aromatic carbocycles. The standard InChI is InChI=1S/C9H13N3O2S/c1-3-5-12-7(4-2)10-11-9(12)15-6-8(13)14/h3H,1,4-6H2,2H3,(H,13,14). The van der Waals surface area contributed by atoms with Crippen LogP contribution in [0.1, 0.15) is 12.7 Å². The molecule has 82 valence electrons. The Morgan fingerprint density at radius 2 is 2.40 bits per heavy atom. The molecule has 0 radical (unpaired) electrons. The predicted molar refractivity (Wildman–Crippen MR) is 58.0 cm³/mol. The fourth-order valence-corrected chi connectivity index (χ4v) is 1.81. The van der Waals surface area contributed by atoms with Crippen molar-refractivity contribution >= 4 is 17.7 Å². The molecule has 1 aromatic heterocycles. The maximum atomic E-state index is 10.4. The van der Waals surface area contributed by atoms with Crippen molar-refractivity contribution in [3.05, 3.63) is 18.5 Å². The van der Waals surface area contributed by atoms with Crippen LogP contribution in [0.25, 0.3) is 0 Å². The van der Waals surface area contributed by atoms with E-state index in [9.17, 15) is 4.79 Å². The van der Waals surface area contributed by atoms with E-state index in [0.717, 1.165) is 12.2 Å². The van der Waals surface area contributed by atoms with Crippen LogP contribution in [0.2, 0.25) is 0 Å². The molecule has 0 bridgehead atoms. The lowest BCUT2D eigenvalue weighted by molar-refractivity contribution is -0.133. The van der Waals surface area contributed by atoms with Gasteiger partial charge in [0.05, 0.1) is 5.75 Å². The van der Waals surface area contributed by atoms with E-state index in [4.69, 9.17) is 5.11 Å². The van der Waals surface area contributed by atoms with Gasteiger partial charge in [-0.25, -0.2) is 0 Å². The maximum absolute atomic E-state index is 10.4. The molecule has 0 atom stereocenters. The molecule has 0 unspecified atom stereocenters. The highest BCUT2D eigenvalue weighted by molar-refractivity contribution is 7.99. The smallest absolute Gasteiger partial charge is 0.313 e. The molecule has 1 N–H and O–H groups in total. The first kappa shape index (κ1) is 11.8. The van der Waals surface area contributed by atoms with Crippen LogP contribution in [0.15, 0.2) is 17.8 Å². The van der Waals surface area contributed by atoms with Crippen LogP contribution in [0.3, 0.4) is 0 Å². The first-order valence-electron chi connectivity index (χ1n) is 4.56. The Balaban J connectivity index is 2.81. The first-order valence-corrected chi connectivity index (χ1v) is 5.55. The number of hydrogen-bond donors (Lipinski definition) is 1. The fraction of sp³-hybridized carbons (Fsp3) is 0.444. The zero-order valence-electron chi connectivity index (χ0n) is 8.51. The Labute approximate surface area is 92.2 Å². The average Bonchev–Trinajstić information content (AvgIpc) is 2.58. The van der Waals surface area contributed by atoms with Crippen molar-refractivity contribution in [2.24, 2.45) is 0 Å². The van der Waals surface area contributed by atoms with Gasteiger partial charge in [0.1, 0.15) is 5.82 Å². The van der Waals surface area contributed by atoms with E-state index in [0.29, 0.717) is 11.7 Å². The number of allylic oxidation sites excluding steroid dienone is 1. The SMILES string of the molecule is C=CCn1c(CC)nnc1SCC(=O)O. The Bertz CT molecular complexity index is 362. The number of carboxylic acids is 1. The minimum atomic E-state index is -0.855. The lowest BCUT2D eigenvalue weighted by atomic mass is 10.4. The summed E-state index contributed by atoms with van der Waals surface area (Å²) in [6.45, 7) is 6.24. The highest BCUT2D eigenvalue weighted by atomic mass is 32.2. The van der Waals surface area contributed by atoms with Gasteiger partial charge in [0.2, 0.25) is 0 Å². The number of carboxylic acid groups (broad SMARTS) is 1. The van der Waals surface area contributed by atoms with Crippen LogP contribution >= 0.6 is 11.8 Å². The number of aromatic nitrogens is 3. The minimum absolute atomic E-state index is 0.00100. The summed E-state index contributed by atoms with van der Waals surface area (Å²) in [6.07, 6.45) is 2.52. The van der Waals surface area contributed by atoms with Crippen molar-refractivity contribution in [2.75, 3.05) is 5.75 Å². The molecule has 0 aliphatic rings.